The molecule has 1 rings (SSSR count). The average molecular weight is 269 g/mol. The van der Waals surface area contributed by atoms with Crippen LogP contribution in [-0.2, 0) is 0 Å². The van der Waals surface area contributed by atoms with Crippen LogP contribution < -0.4 is 5.32 Å². The minimum absolute atomic E-state index is 0.126. The summed E-state index contributed by atoms with van der Waals surface area (Å²) in [6, 6.07) is 1.80. The number of nitrogens with zero attached hydrogens (tertiary/aromatic N) is 1. The molecule has 4 heteroatoms. The zero-order chi connectivity index (χ0) is 13.5. The summed E-state index contributed by atoms with van der Waals surface area (Å²) in [6.07, 6.45) is 6.37. The van der Waals surface area contributed by atoms with Crippen LogP contribution in [0.3, 0.4) is 0 Å². The summed E-state index contributed by atoms with van der Waals surface area (Å²) in [6.45, 7) is 6.44. The maximum absolute atomic E-state index is 11.9. The van der Waals surface area contributed by atoms with Crippen LogP contribution in [0.15, 0.2) is 18.5 Å². The number of carbonyl (C=O) groups excluding carboxylic acids is 1. The molecule has 18 heavy (non-hydrogen) atoms. The minimum atomic E-state index is -0.126. The normalized spacial score (nSPS) is 12.5. The molecule has 0 bridgehead atoms. The van der Waals surface area contributed by atoms with Gasteiger partial charge in [0, 0.05) is 18.4 Å². The van der Waals surface area contributed by atoms with Gasteiger partial charge in [0.2, 0.25) is 0 Å². The third kappa shape index (κ3) is 5.05. The first kappa shape index (κ1) is 15.0. The first-order valence-corrected chi connectivity index (χ1v) is 6.79. The number of nitrogens with one attached hydrogen (secondary N) is 1. The Balaban J connectivity index is 2.43. The first-order chi connectivity index (χ1) is 8.50. The molecule has 100 valence electrons. The smallest absolute Gasteiger partial charge is 0.253 e. The largest absolute Gasteiger partial charge is 0.350 e. The van der Waals surface area contributed by atoms with Gasteiger partial charge in [-0.3, -0.25) is 9.78 Å². The SMILES string of the molecule is CC(C)CCCC(C)NC(=O)c1ccncc1Cl. The van der Waals surface area contributed by atoms with Crippen molar-refractivity contribution in [2.45, 2.75) is 46.1 Å². The van der Waals surface area contributed by atoms with Gasteiger partial charge in [0.15, 0.2) is 0 Å². The lowest BCUT2D eigenvalue weighted by molar-refractivity contribution is 0.0938. The summed E-state index contributed by atoms with van der Waals surface area (Å²) in [5.41, 5.74) is 0.488. The molecule has 1 N–H and O–H groups in total. The number of amides is 1. The maximum Gasteiger partial charge on any atom is 0.253 e. The van der Waals surface area contributed by atoms with Crippen LogP contribution in [0.1, 0.15) is 50.4 Å². The van der Waals surface area contributed by atoms with Crippen LogP contribution in [0.2, 0.25) is 5.02 Å². The van der Waals surface area contributed by atoms with E-state index >= 15 is 0 Å². The molecule has 0 saturated carbocycles. The molecule has 0 fully saturated rings. The van der Waals surface area contributed by atoms with Gasteiger partial charge in [-0.1, -0.05) is 38.3 Å². The highest BCUT2D eigenvalue weighted by Crippen LogP contribution is 2.14. The van der Waals surface area contributed by atoms with E-state index in [1.165, 1.54) is 12.6 Å². The highest BCUT2D eigenvalue weighted by atomic mass is 35.5. The molecule has 0 aliphatic rings. The van der Waals surface area contributed by atoms with E-state index in [2.05, 4.69) is 24.1 Å². The minimum Gasteiger partial charge on any atom is -0.350 e. The molecule has 1 aromatic rings. The van der Waals surface area contributed by atoms with Crippen molar-refractivity contribution >= 4 is 17.5 Å². The number of hydrogen-bond acceptors (Lipinski definition) is 2. The Morgan fingerprint density at radius 1 is 1.39 bits per heavy atom. The van der Waals surface area contributed by atoms with Gasteiger partial charge in [0.25, 0.3) is 5.91 Å². The molecule has 0 aliphatic carbocycles. The quantitative estimate of drug-likeness (QED) is 0.855. The number of pyridine rings is 1. The Hall–Kier alpha value is -1.09. The van der Waals surface area contributed by atoms with E-state index in [0.29, 0.717) is 16.5 Å². The summed E-state index contributed by atoms with van der Waals surface area (Å²) in [4.78, 5) is 15.8. The van der Waals surface area contributed by atoms with Crippen molar-refractivity contribution in [2.24, 2.45) is 5.92 Å². The average Bonchev–Trinajstić information content (AvgIpc) is 2.28. The zero-order valence-corrected chi connectivity index (χ0v) is 12.0. The third-order valence-corrected chi connectivity index (χ3v) is 3.11. The summed E-state index contributed by atoms with van der Waals surface area (Å²) < 4.78 is 0. The predicted octanol–water partition coefficient (Wildman–Crippen LogP) is 3.68. The van der Waals surface area contributed by atoms with E-state index in [-0.39, 0.29) is 11.9 Å². The Bertz CT molecular complexity index is 393. The highest BCUT2D eigenvalue weighted by molar-refractivity contribution is 6.33. The van der Waals surface area contributed by atoms with Gasteiger partial charge < -0.3 is 5.32 Å². The number of carbonyl (C=O) groups is 1. The van der Waals surface area contributed by atoms with Crippen LogP contribution >= 0.6 is 11.6 Å². The van der Waals surface area contributed by atoms with E-state index in [0.717, 1.165) is 12.8 Å². The monoisotopic (exact) mass is 268 g/mol. The second-order valence-corrected chi connectivity index (χ2v) is 5.46. The third-order valence-electron chi connectivity index (χ3n) is 2.81. The van der Waals surface area contributed by atoms with Crippen LogP contribution in [0, 0.1) is 5.92 Å². The van der Waals surface area contributed by atoms with E-state index in [1.807, 2.05) is 6.92 Å². The van der Waals surface area contributed by atoms with Gasteiger partial charge >= 0.3 is 0 Å². The summed E-state index contributed by atoms with van der Waals surface area (Å²) in [5.74, 6) is 0.585. The van der Waals surface area contributed by atoms with Gasteiger partial charge in [0.1, 0.15) is 0 Å². The topological polar surface area (TPSA) is 42.0 Å². The molecule has 1 heterocycles. The fourth-order valence-corrected chi connectivity index (χ4v) is 1.97. The molecule has 0 radical (unpaired) electrons. The van der Waals surface area contributed by atoms with Crippen LogP contribution in [0.5, 0.6) is 0 Å². The van der Waals surface area contributed by atoms with Crippen molar-refractivity contribution in [1.82, 2.24) is 10.3 Å². The summed E-state index contributed by atoms with van der Waals surface area (Å²) in [7, 11) is 0. The molecule has 1 aromatic heterocycles. The van der Waals surface area contributed by atoms with Gasteiger partial charge in [-0.25, -0.2) is 0 Å². The predicted molar refractivity (Wildman–Crippen MR) is 74.9 cm³/mol. The molecular formula is C14H21ClN2O. The fraction of sp³-hybridized carbons (Fsp3) is 0.571. The molecule has 1 unspecified atom stereocenters. The number of hydrogen-bond donors (Lipinski definition) is 1. The fourth-order valence-electron chi connectivity index (χ4n) is 1.77. The standard InChI is InChI=1S/C14H21ClN2O/c1-10(2)5-4-6-11(3)17-14(18)12-7-8-16-9-13(12)15/h7-11H,4-6H2,1-3H3,(H,17,18). The first-order valence-electron chi connectivity index (χ1n) is 6.41. The van der Waals surface area contributed by atoms with Gasteiger partial charge in [-0.15, -0.1) is 0 Å². The number of halogens is 1. The Labute approximate surface area is 114 Å². The molecule has 1 amide bonds. The van der Waals surface area contributed by atoms with E-state index in [9.17, 15) is 4.79 Å². The van der Waals surface area contributed by atoms with E-state index in [1.54, 1.807) is 12.3 Å². The van der Waals surface area contributed by atoms with Crippen LogP contribution in [0.25, 0.3) is 0 Å². The van der Waals surface area contributed by atoms with E-state index < -0.39 is 0 Å². The van der Waals surface area contributed by atoms with Crippen molar-refractivity contribution in [3.05, 3.63) is 29.0 Å². The number of rotatable bonds is 6. The molecule has 0 saturated heterocycles. The Morgan fingerprint density at radius 3 is 2.72 bits per heavy atom. The van der Waals surface area contributed by atoms with Gasteiger partial charge in [-0.2, -0.15) is 0 Å². The zero-order valence-electron chi connectivity index (χ0n) is 11.2. The second-order valence-electron chi connectivity index (χ2n) is 5.05. The molecule has 0 aromatic carbocycles. The van der Waals surface area contributed by atoms with Crippen molar-refractivity contribution in [2.75, 3.05) is 0 Å². The Morgan fingerprint density at radius 2 is 2.11 bits per heavy atom. The second kappa shape index (κ2) is 7.37. The molecule has 3 nitrogen and oxygen atoms in total. The lowest BCUT2D eigenvalue weighted by Gasteiger charge is -2.14. The van der Waals surface area contributed by atoms with Crippen LogP contribution in [-0.4, -0.2) is 16.9 Å². The lowest BCUT2D eigenvalue weighted by atomic mass is 10.0. The van der Waals surface area contributed by atoms with Crippen molar-refractivity contribution in [1.29, 1.82) is 0 Å². The molecular weight excluding hydrogens is 248 g/mol. The summed E-state index contributed by atoms with van der Waals surface area (Å²) >= 11 is 5.93. The lowest BCUT2D eigenvalue weighted by Crippen LogP contribution is -2.32. The summed E-state index contributed by atoms with van der Waals surface area (Å²) in [5, 5.41) is 3.35. The van der Waals surface area contributed by atoms with Gasteiger partial charge in [0.05, 0.1) is 10.6 Å². The molecule has 1 atom stereocenters. The Kier molecular flexibility index (Phi) is 6.13. The molecule has 0 spiro atoms. The van der Waals surface area contributed by atoms with Crippen molar-refractivity contribution in [3.8, 4) is 0 Å². The highest BCUT2D eigenvalue weighted by Gasteiger charge is 2.12. The van der Waals surface area contributed by atoms with Crippen molar-refractivity contribution < 1.29 is 4.79 Å². The molecule has 0 aliphatic heterocycles. The van der Waals surface area contributed by atoms with Crippen LogP contribution in [0.4, 0.5) is 0 Å². The maximum atomic E-state index is 11.9. The van der Waals surface area contributed by atoms with Gasteiger partial charge in [-0.05, 0) is 25.3 Å². The van der Waals surface area contributed by atoms with E-state index in [4.69, 9.17) is 11.6 Å². The number of aromatic nitrogens is 1. The van der Waals surface area contributed by atoms with Crippen molar-refractivity contribution in [3.63, 3.8) is 0 Å².